The van der Waals surface area contributed by atoms with Crippen molar-refractivity contribution in [1.29, 1.82) is 0 Å². The molecule has 0 radical (unpaired) electrons. The molecule has 1 aliphatic heterocycles. The number of rotatable bonds is 0. The van der Waals surface area contributed by atoms with E-state index >= 15 is 0 Å². The van der Waals surface area contributed by atoms with Gasteiger partial charge < -0.3 is 0 Å². The molecule has 0 aromatic heterocycles. The van der Waals surface area contributed by atoms with Crippen LogP contribution in [0.3, 0.4) is 0 Å². The standard InChI is InChI=1S/C9H13F3S/c1-8-5-3-2-4-6(8)7(10)9(11,12)13-8/h6-7H,2-5H2,1H3. The largest absolute Gasteiger partial charge is 0.325 e. The van der Waals surface area contributed by atoms with E-state index in [1.807, 2.05) is 0 Å². The first kappa shape index (κ1) is 9.69. The molecule has 0 aromatic rings. The average Bonchev–Trinajstić information content (AvgIpc) is 2.19. The zero-order valence-electron chi connectivity index (χ0n) is 7.53. The van der Waals surface area contributed by atoms with Gasteiger partial charge in [-0.2, -0.15) is 8.78 Å². The minimum Gasteiger partial charge on any atom is -0.239 e. The van der Waals surface area contributed by atoms with E-state index < -0.39 is 22.1 Å². The first-order valence-corrected chi connectivity index (χ1v) is 5.49. The SMILES string of the molecule is CC12CCCCC1C(F)C(F)(F)S2. The van der Waals surface area contributed by atoms with Crippen LogP contribution in [0, 0.1) is 5.92 Å². The Kier molecular flexibility index (Phi) is 2.10. The van der Waals surface area contributed by atoms with Crippen LogP contribution < -0.4 is 0 Å². The number of hydrogen-bond donors (Lipinski definition) is 0. The molecule has 0 nitrogen and oxygen atoms in total. The van der Waals surface area contributed by atoms with Gasteiger partial charge in [-0.25, -0.2) is 4.39 Å². The van der Waals surface area contributed by atoms with Crippen molar-refractivity contribution in [3.05, 3.63) is 0 Å². The van der Waals surface area contributed by atoms with Crippen molar-refractivity contribution in [2.75, 3.05) is 0 Å². The molecule has 2 aliphatic rings. The monoisotopic (exact) mass is 210 g/mol. The van der Waals surface area contributed by atoms with Gasteiger partial charge >= 0.3 is 5.25 Å². The molecule has 4 heteroatoms. The third-order valence-electron chi connectivity index (χ3n) is 3.27. The summed E-state index contributed by atoms with van der Waals surface area (Å²) >= 11 is 0.554. The van der Waals surface area contributed by atoms with E-state index in [1.165, 1.54) is 0 Å². The Hall–Kier alpha value is 0.140. The summed E-state index contributed by atoms with van der Waals surface area (Å²) in [7, 11) is 0. The third-order valence-corrected chi connectivity index (χ3v) is 4.74. The average molecular weight is 210 g/mol. The highest BCUT2D eigenvalue weighted by molar-refractivity contribution is 8.02. The van der Waals surface area contributed by atoms with Crippen molar-refractivity contribution >= 4 is 11.8 Å². The van der Waals surface area contributed by atoms with Crippen LogP contribution in [0.2, 0.25) is 0 Å². The minimum atomic E-state index is -3.15. The summed E-state index contributed by atoms with van der Waals surface area (Å²) in [5.41, 5.74) is 0. The van der Waals surface area contributed by atoms with E-state index in [2.05, 4.69) is 0 Å². The molecule has 13 heavy (non-hydrogen) atoms. The highest BCUT2D eigenvalue weighted by Gasteiger charge is 2.62. The Bertz CT molecular complexity index is 219. The quantitative estimate of drug-likeness (QED) is 0.588. The molecule has 2 fully saturated rings. The van der Waals surface area contributed by atoms with E-state index in [0.29, 0.717) is 18.2 Å². The van der Waals surface area contributed by atoms with E-state index in [1.54, 1.807) is 6.92 Å². The Labute approximate surface area is 80.3 Å². The predicted octanol–water partition coefficient (Wildman–Crippen LogP) is 3.61. The second-order valence-electron chi connectivity index (χ2n) is 4.23. The first-order chi connectivity index (χ1) is 5.96. The Morgan fingerprint density at radius 3 is 2.62 bits per heavy atom. The smallest absolute Gasteiger partial charge is 0.239 e. The van der Waals surface area contributed by atoms with Crippen molar-refractivity contribution in [2.24, 2.45) is 5.92 Å². The van der Waals surface area contributed by atoms with Crippen molar-refractivity contribution in [3.63, 3.8) is 0 Å². The zero-order valence-corrected chi connectivity index (χ0v) is 8.34. The molecule has 3 unspecified atom stereocenters. The molecular formula is C9H13F3S. The molecule has 0 amide bonds. The second-order valence-corrected chi connectivity index (χ2v) is 5.91. The molecule has 3 atom stereocenters. The fourth-order valence-corrected chi connectivity index (χ4v) is 4.05. The van der Waals surface area contributed by atoms with Crippen LogP contribution in [0.1, 0.15) is 32.6 Å². The Balaban J connectivity index is 2.25. The fourth-order valence-electron chi connectivity index (χ4n) is 2.51. The number of halogens is 3. The van der Waals surface area contributed by atoms with Crippen LogP contribution in [0.4, 0.5) is 13.2 Å². The number of hydrogen-bond acceptors (Lipinski definition) is 1. The van der Waals surface area contributed by atoms with Gasteiger partial charge in [0.15, 0.2) is 6.17 Å². The number of thioether (sulfide) groups is 1. The summed E-state index contributed by atoms with van der Waals surface area (Å²) in [6, 6.07) is 0. The number of fused-ring (bicyclic) bond motifs is 1. The van der Waals surface area contributed by atoms with Crippen molar-refractivity contribution in [2.45, 2.75) is 48.8 Å². The molecule has 1 saturated carbocycles. The first-order valence-electron chi connectivity index (χ1n) is 4.68. The maximum Gasteiger partial charge on any atom is 0.325 e. The highest BCUT2D eigenvalue weighted by Crippen LogP contribution is 2.61. The third kappa shape index (κ3) is 1.37. The van der Waals surface area contributed by atoms with Crippen LogP contribution >= 0.6 is 11.8 Å². The van der Waals surface area contributed by atoms with Gasteiger partial charge in [0.05, 0.1) is 0 Å². The van der Waals surface area contributed by atoms with Gasteiger partial charge in [0.25, 0.3) is 0 Å². The van der Waals surface area contributed by atoms with Gasteiger partial charge in [0, 0.05) is 10.7 Å². The predicted molar refractivity (Wildman–Crippen MR) is 47.8 cm³/mol. The van der Waals surface area contributed by atoms with Gasteiger partial charge in [0.1, 0.15) is 0 Å². The lowest BCUT2D eigenvalue weighted by molar-refractivity contribution is -0.0106. The fraction of sp³-hybridized carbons (Fsp3) is 1.00. The molecule has 2 rings (SSSR count). The molecular weight excluding hydrogens is 197 g/mol. The van der Waals surface area contributed by atoms with Crippen molar-refractivity contribution < 1.29 is 13.2 Å². The van der Waals surface area contributed by atoms with Gasteiger partial charge in [-0.3, -0.25) is 0 Å². The Morgan fingerprint density at radius 2 is 2.00 bits per heavy atom. The van der Waals surface area contributed by atoms with Gasteiger partial charge in [0.2, 0.25) is 0 Å². The van der Waals surface area contributed by atoms with E-state index in [0.717, 1.165) is 19.3 Å². The Morgan fingerprint density at radius 1 is 1.31 bits per heavy atom. The molecule has 0 bridgehead atoms. The minimum absolute atomic E-state index is 0.429. The summed E-state index contributed by atoms with van der Waals surface area (Å²) in [4.78, 5) is 0. The van der Waals surface area contributed by atoms with E-state index in [4.69, 9.17) is 0 Å². The van der Waals surface area contributed by atoms with Crippen LogP contribution in [0.25, 0.3) is 0 Å². The summed E-state index contributed by atoms with van der Waals surface area (Å²) < 4.78 is 38.9. The molecule has 1 aliphatic carbocycles. The highest BCUT2D eigenvalue weighted by atomic mass is 32.2. The van der Waals surface area contributed by atoms with Crippen molar-refractivity contribution in [1.82, 2.24) is 0 Å². The van der Waals surface area contributed by atoms with Crippen LogP contribution in [-0.4, -0.2) is 16.2 Å². The lowest BCUT2D eigenvalue weighted by Gasteiger charge is -2.34. The molecule has 76 valence electrons. The summed E-state index contributed by atoms with van der Waals surface area (Å²) in [6.45, 7) is 1.79. The maximum absolute atomic E-state index is 13.3. The molecule has 0 spiro atoms. The van der Waals surface area contributed by atoms with Crippen LogP contribution in [0.5, 0.6) is 0 Å². The van der Waals surface area contributed by atoms with Gasteiger partial charge in [-0.15, -0.1) is 0 Å². The topological polar surface area (TPSA) is 0 Å². The number of alkyl halides is 3. The lowest BCUT2D eigenvalue weighted by atomic mass is 9.77. The summed E-state index contributed by atoms with van der Waals surface area (Å²) in [5, 5.41) is -3.15. The van der Waals surface area contributed by atoms with Crippen LogP contribution in [0.15, 0.2) is 0 Å². The summed E-state index contributed by atoms with van der Waals surface area (Å²) in [5.74, 6) is -0.429. The van der Waals surface area contributed by atoms with Gasteiger partial charge in [-0.05, 0) is 19.8 Å². The van der Waals surface area contributed by atoms with Crippen molar-refractivity contribution in [3.8, 4) is 0 Å². The van der Waals surface area contributed by atoms with Gasteiger partial charge in [-0.1, -0.05) is 24.6 Å². The molecule has 0 N–H and O–H groups in total. The van der Waals surface area contributed by atoms with Crippen LogP contribution in [-0.2, 0) is 0 Å². The maximum atomic E-state index is 13.3. The van der Waals surface area contributed by atoms with E-state index in [-0.39, 0.29) is 0 Å². The molecule has 1 heterocycles. The zero-order chi connectivity index (χ0) is 9.69. The lowest BCUT2D eigenvalue weighted by Crippen LogP contribution is -2.35. The molecule has 0 aromatic carbocycles. The summed E-state index contributed by atoms with van der Waals surface area (Å²) in [6.07, 6.45) is 1.29. The molecule has 1 saturated heterocycles. The van der Waals surface area contributed by atoms with E-state index in [9.17, 15) is 13.2 Å². The normalized spacial score (nSPS) is 48.9. The second kappa shape index (κ2) is 2.81.